The van der Waals surface area contributed by atoms with Crippen molar-refractivity contribution >= 4 is 16.8 Å². The van der Waals surface area contributed by atoms with Gasteiger partial charge >= 0.3 is 5.63 Å². The monoisotopic (exact) mass is 421 g/mol. The van der Waals surface area contributed by atoms with Crippen LogP contribution in [0.1, 0.15) is 29.5 Å². The maximum absolute atomic E-state index is 12.6. The molecule has 0 radical (unpaired) electrons. The van der Waals surface area contributed by atoms with Crippen LogP contribution in [0.15, 0.2) is 51.7 Å². The van der Waals surface area contributed by atoms with Crippen molar-refractivity contribution in [1.29, 1.82) is 0 Å². The number of phenols is 1. The van der Waals surface area contributed by atoms with Crippen molar-refractivity contribution in [1.82, 2.24) is 4.90 Å². The van der Waals surface area contributed by atoms with Crippen molar-refractivity contribution in [2.24, 2.45) is 0 Å². The molecule has 1 N–H and O–H groups in total. The number of hydrogen-bond acceptors (Lipinski definition) is 6. The van der Waals surface area contributed by atoms with Crippen LogP contribution in [0.2, 0.25) is 0 Å². The fraction of sp³-hybridized carbons (Fsp3) is 0.360. The Bertz CT molecular complexity index is 1160. The highest BCUT2D eigenvalue weighted by Gasteiger charge is 2.20. The number of aromatic hydroxyl groups is 1. The number of fused-ring (bicyclic) bond motifs is 1. The van der Waals surface area contributed by atoms with Gasteiger partial charge in [0.2, 0.25) is 0 Å². The Morgan fingerprint density at radius 3 is 2.68 bits per heavy atom. The number of carbonyl (C=O) groups is 1. The molecule has 3 aromatic rings. The maximum atomic E-state index is 12.6. The summed E-state index contributed by atoms with van der Waals surface area (Å²) in [5.41, 5.74) is 1.84. The third-order valence-electron chi connectivity index (χ3n) is 5.83. The summed E-state index contributed by atoms with van der Waals surface area (Å²) >= 11 is 0. The number of likely N-dealkylation sites (tertiary alicyclic amines) is 1. The summed E-state index contributed by atoms with van der Waals surface area (Å²) in [6.07, 6.45) is 2.24. The first kappa shape index (κ1) is 21.1. The van der Waals surface area contributed by atoms with Crippen molar-refractivity contribution in [3.8, 4) is 11.5 Å². The number of Topliss-reactive ketones (excluding diaryl/α,β-unsaturated/α-hetero) is 1. The standard InChI is InChI=1S/C25H27NO5/c1-16-23(30-22-8-10-26(2)11-9-22)7-6-18-14-19(25(29)31-24(16)18)15-21(28)13-17-4-3-5-20(27)12-17/h3-7,12,14,22,27H,8-11,13,15H2,1-2H3. The fourth-order valence-electron chi connectivity index (χ4n) is 4.05. The van der Waals surface area contributed by atoms with Crippen LogP contribution < -0.4 is 10.4 Å². The molecule has 0 spiro atoms. The van der Waals surface area contributed by atoms with E-state index in [2.05, 4.69) is 11.9 Å². The van der Waals surface area contributed by atoms with Crippen LogP contribution in [0.4, 0.5) is 0 Å². The lowest BCUT2D eigenvalue weighted by atomic mass is 10.0. The highest BCUT2D eigenvalue weighted by molar-refractivity contribution is 5.86. The summed E-state index contributed by atoms with van der Waals surface area (Å²) in [5.74, 6) is 0.735. The van der Waals surface area contributed by atoms with Gasteiger partial charge in [-0.05, 0) is 62.7 Å². The van der Waals surface area contributed by atoms with Crippen molar-refractivity contribution in [3.05, 3.63) is 69.6 Å². The van der Waals surface area contributed by atoms with Gasteiger partial charge < -0.3 is 19.2 Å². The molecule has 31 heavy (non-hydrogen) atoms. The number of carbonyl (C=O) groups excluding carboxylic acids is 1. The smallest absolute Gasteiger partial charge is 0.339 e. The molecule has 1 aliphatic heterocycles. The van der Waals surface area contributed by atoms with Crippen molar-refractivity contribution in [2.45, 2.75) is 38.7 Å². The summed E-state index contributed by atoms with van der Waals surface area (Å²) in [7, 11) is 2.11. The second kappa shape index (κ2) is 8.94. The minimum Gasteiger partial charge on any atom is -0.508 e. The van der Waals surface area contributed by atoms with E-state index in [1.54, 1.807) is 30.3 Å². The quantitative estimate of drug-likeness (QED) is 0.612. The number of nitrogens with zero attached hydrogens (tertiary/aromatic N) is 1. The Balaban J connectivity index is 1.52. The first-order chi connectivity index (χ1) is 14.9. The van der Waals surface area contributed by atoms with E-state index in [9.17, 15) is 14.7 Å². The van der Waals surface area contributed by atoms with E-state index in [0.717, 1.165) is 42.6 Å². The first-order valence-electron chi connectivity index (χ1n) is 10.6. The number of rotatable bonds is 6. The number of aryl methyl sites for hydroxylation is 1. The van der Waals surface area contributed by atoms with E-state index >= 15 is 0 Å². The molecule has 0 aliphatic carbocycles. The largest absolute Gasteiger partial charge is 0.508 e. The number of phenolic OH excluding ortho intramolecular Hbond substituents is 1. The van der Waals surface area contributed by atoms with E-state index in [1.807, 2.05) is 19.1 Å². The second-order valence-electron chi connectivity index (χ2n) is 8.35. The SMILES string of the molecule is Cc1c(OC2CCN(C)CC2)ccc2cc(CC(=O)Cc3cccc(O)c3)c(=O)oc12. The minimum atomic E-state index is -0.503. The molecule has 0 amide bonds. The number of ketones is 1. The number of piperidine rings is 1. The molecule has 1 saturated heterocycles. The van der Waals surface area contributed by atoms with Gasteiger partial charge in [-0.15, -0.1) is 0 Å². The Morgan fingerprint density at radius 2 is 1.94 bits per heavy atom. The molecule has 4 rings (SSSR count). The van der Waals surface area contributed by atoms with E-state index in [-0.39, 0.29) is 30.5 Å². The second-order valence-corrected chi connectivity index (χ2v) is 8.35. The maximum Gasteiger partial charge on any atom is 0.339 e. The van der Waals surface area contributed by atoms with Gasteiger partial charge in [0.25, 0.3) is 0 Å². The van der Waals surface area contributed by atoms with Crippen LogP contribution in [0.3, 0.4) is 0 Å². The van der Waals surface area contributed by atoms with Gasteiger partial charge in [0, 0.05) is 42.4 Å². The number of benzene rings is 2. The molecule has 2 aromatic carbocycles. The third kappa shape index (κ3) is 4.97. The minimum absolute atomic E-state index is 0.0131. The molecular weight excluding hydrogens is 394 g/mol. The van der Waals surface area contributed by atoms with Crippen LogP contribution in [-0.4, -0.2) is 42.0 Å². The molecule has 0 unspecified atom stereocenters. The van der Waals surface area contributed by atoms with Gasteiger partial charge in [0.15, 0.2) is 0 Å². The predicted molar refractivity (Wildman–Crippen MR) is 119 cm³/mol. The van der Waals surface area contributed by atoms with Gasteiger partial charge in [0.05, 0.1) is 0 Å². The van der Waals surface area contributed by atoms with Crippen LogP contribution in [0, 0.1) is 6.92 Å². The lowest BCUT2D eigenvalue weighted by molar-refractivity contribution is -0.117. The molecule has 162 valence electrons. The molecule has 1 aromatic heterocycles. The number of ether oxygens (including phenoxy) is 1. The van der Waals surface area contributed by atoms with Crippen LogP contribution in [0.5, 0.6) is 11.5 Å². The van der Waals surface area contributed by atoms with Crippen LogP contribution in [-0.2, 0) is 17.6 Å². The average Bonchev–Trinajstić information content (AvgIpc) is 2.73. The molecular formula is C25H27NO5. The lowest BCUT2D eigenvalue weighted by Crippen LogP contribution is -2.35. The summed E-state index contributed by atoms with van der Waals surface area (Å²) in [6.45, 7) is 3.90. The average molecular weight is 421 g/mol. The molecule has 6 heteroatoms. The zero-order valence-electron chi connectivity index (χ0n) is 17.9. The van der Waals surface area contributed by atoms with Crippen LogP contribution in [0.25, 0.3) is 11.0 Å². The van der Waals surface area contributed by atoms with Crippen molar-refractivity contribution in [2.75, 3.05) is 20.1 Å². The molecule has 0 atom stereocenters. The molecule has 0 saturated carbocycles. The van der Waals surface area contributed by atoms with E-state index in [0.29, 0.717) is 16.7 Å². The van der Waals surface area contributed by atoms with Gasteiger partial charge in [-0.3, -0.25) is 4.79 Å². The van der Waals surface area contributed by atoms with E-state index < -0.39 is 5.63 Å². The molecule has 1 aliphatic rings. The molecule has 2 heterocycles. The van der Waals surface area contributed by atoms with Gasteiger partial charge in [-0.25, -0.2) is 4.79 Å². The summed E-state index contributed by atoms with van der Waals surface area (Å²) in [5, 5.41) is 10.3. The first-order valence-corrected chi connectivity index (χ1v) is 10.6. The molecule has 1 fully saturated rings. The normalized spacial score (nSPS) is 15.3. The topological polar surface area (TPSA) is 80.0 Å². The van der Waals surface area contributed by atoms with Crippen molar-refractivity contribution in [3.63, 3.8) is 0 Å². The van der Waals surface area contributed by atoms with Crippen molar-refractivity contribution < 1.29 is 19.1 Å². The zero-order chi connectivity index (χ0) is 22.0. The zero-order valence-corrected chi connectivity index (χ0v) is 17.9. The number of hydrogen-bond donors (Lipinski definition) is 1. The highest BCUT2D eigenvalue weighted by Crippen LogP contribution is 2.29. The molecule has 0 bridgehead atoms. The summed E-state index contributed by atoms with van der Waals surface area (Å²) < 4.78 is 11.8. The van der Waals surface area contributed by atoms with Gasteiger partial charge in [-0.1, -0.05) is 12.1 Å². The fourth-order valence-corrected chi connectivity index (χ4v) is 4.05. The molecule has 6 nitrogen and oxygen atoms in total. The Labute approximate surface area is 181 Å². The van der Waals surface area contributed by atoms with E-state index in [1.165, 1.54) is 0 Å². The summed E-state index contributed by atoms with van der Waals surface area (Å²) in [6, 6.07) is 12.1. The lowest BCUT2D eigenvalue weighted by Gasteiger charge is -2.29. The predicted octanol–water partition coefficient (Wildman–Crippen LogP) is 3.63. The Morgan fingerprint density at radius 1 is 1.16 bits per heavy atom. The Kier molecular flexibility index (Phi) is 6.09. The Hall–Kier alpha value is -3.12. The van der Waals surface area contributed by atoms with Crippen LogP contribution >= 0.6 is 0 Å². The summed E-state index contributed by atoms with van der Waals surface area (Å²) in [4.78, 5) is 27.3. The third-order valence-corrected chi connectivity index (χ3v) is 5.83. The highest BCUT2D eigenvalue weighted by atomic mass is 16.5. The van der Waals surface area contributed by atoms with Gasteiger partial charge in [-0.2, -0.15) is 0 Å². The van der Waals surface area contributed by atoms with E-state index in [4.69, 9.17) is 9.15 Å². The van der Waals surface area contributed by atoms with Gasteiger partial charge in [0.1, 0.15) is 29.0 Å².